The Balaban J connectivity index is 1.73. The average Bonchev–Trinajstić information content (AvgIpc) is 3.20. The molecule has 0 saturated carbocycles. The molecule has 3 heterocycles. The number of nitrogens with one attached hydrogen (secondary N) is 1. The van der Waals surface area contributed by atoms with Crippen LogP contribution in [0.15, 0.2) is 40.3 Å². The van der Waals surface area contributed by atoms with E-state index >= 15 is 0 Å². The SMILES string of the molecule is O=C(C1CSCN1)N(Cc1ccco1)Cc1cccs1. The second-order valence-corrected chi connectivity index (χ2v) is 6.69. The Morgan fingerprint density at radius 1 is 1.40 bits per heavy atom. The van der Waals surface area contributed by atoms with Gasteiger partial charge in [-0.05, 0) is 23.6 Å². The maximum atomic E-state index is 12.6. The Hall–Kier alpha value is -1.24. The van der Waals surface area contributed by atoms with Crippen LogP contribution in [0.1, 0.15) is 10.6 Å². The molecule has 0 aromatic carbocycles. The van der Waals surface area contributed by atoms with Gasteiger partial charge in [0, 0.05) is 16.5 Å². The highest BCUT2D eigenvalue weighted by Gasteiger charge is 2.28. The first-order valence-corrected chi connectivity index (χ1v) is 8.51. The first kappa shape index (κ1) is 13.7. The molecule has 4 nitrogen and oxygen atoms in total. The second-order valence-electron chi connectivity index (χ2n) is 4.62. The largest absolute Gasteiger partial charge is 0.467 e. The zero-order valence-electron chi connectivity index (χ0n) is 11.0. The van der Waals surface area contributed by atoms with E-state index in [1.54, 1.807) is 29.4 Å². The van der Waals surface area contributed by atoms with Crippen LogP contribution in [0.4, 0.5) is 0 Å². The summed E-state index contributed by atoms with van der Waals surface area (Å²) >= 11 is 3.44. The van der Waals surface area contributed by atoms with Crippen molar-refractivity contribution in [2.75, 3.05) is 11.6 Å². The van der Waals surface area contributed by atoms with E-state index in [2.05, 4.69) is 11.4 Å². The second kappa shape index (κ2) is 6.47. The van der Waals surface area contributed by atoms with Gasteiger partial charge in [0.1, 0.15) is 5.76 Å². The Bertz CT molecular complexity index is 497. The number of amides is 1. The van der Waals surface area contributed by atoms with E-state index < -0.39 is 0 Å². The number of furan rings is 1. The molecule has 1 amide bonds. The third-order valence-corrected chi connectivity index (χ3v) is 4.98. The summed E-state index contributed by atoms with van der Waals surface area (Å²) in [6.45, 7) is 1.16. The number of carbonyl (C=O) groups excluding carboxylic acids is 1. The summed E-state index contributed by atoms with van der Waals surface area (Å²) in [6.07, 6.45) is 1.65. The van der Waals surface area contributed by atoms with E-state index in [1.165, 1.54) is 4.88 Å². The van der Waals surface area contributed by atoms with Crippen LogP contribution in [0.25, 0.3) is 0 Å². The highest BCUT2D eigenvalue weighted by atomic mass is 32.2. The monoisotopic (exact) mass is 308 g/mol. The van der Waals surface area contributed by atoms with Crippen LogP contribution in [-0.2, 0) is 17.9 Å². The topological polar surface area (TPSA) is 45.5 Å². The average molecular weight is 308 g/mol. The van der Waals surface area contributed by atoms with Gasteiger partial charge in [0.25, 0.3) is 0 Å². The van der Waals surface area contributed by atoms with Gasteiger partial charge in [-0.25, -0.2) is 0 Å². The van der Waals surface area contributed by atoms with E-state index in [1.807, 2.05) is 28.5 Å². The molecule has 0 spiro atoms. The third-order valence-electron chi connectivity index (χ3n) is 3.18. The molecule has 1 aliphatic heterocycles. The lowest BCUT2D eigenvalue weighted by Crippen LogP contribution is -2.44. The molecule has 1 atom stereocenters. The summed E-state index contributed by atoms with van der Waals surface area (Å²) in [4.78, 5) is 15.7. The van der Waals surface area contributed by atoms with Crippen LogP contribution in [0, 0.1) is 0 Å². The summed E-state index contributed by atoms with van der Waals surface area (Å²) in [5.74, 6) is 2.67. The molecule has 0 bridgehead atoms. The molecule has 6 heteroatoms. The lowest BCUT2D eigenvalue weighted by atomic mass is 10.2. The molecule has 1 unspecified atom stereocenters. The first-order valence-electron chi connectivity index (χ1n) is 6.47. The minimum atomic E-state index is -0.0741. The summed E-state index contributed by atoms with van der Waals surface area (Å²) in [7, 11) is 0. The van der Waals surface area contributed by atoms with Crippen LogP contribution < -0.4 is 5.32 Å². The van der Waals surface area contributed by atoms with Crippen molar-refractivity contribution in [1.29, 1.82) is 0 Å². The van der Waals surface area contributed by atoms with E-state index in [-0.39, 0.29) is 11.9 Å². The van der Waals surface area contributed by atoms with Crippen molar-refractivity contribution in [2.45, 2.75) is 19.1 Å². The van der Waals surface area contributed by atoms with Crippen molar-refractivity contribution in [2.24, 2.45) is 0 Å². The van der Waals surface area contributed by atoms with Crippen molar-refractivity contribution in [1.82, 2.24) is 10.2 Å². The Kier molecular flexibility index (Phi) is 4.44. The van der Waals surface area contributed by atoms with Gasteiger partial charge >= 0.3 is 0 Å². The van der Waals surface area contributed by atoms with Crippen LogP contribution in [-0.4, -0.2) is 28.5 Å². The molecule has 20 heavy (non-hydrogen) atoms. The number of rotatable bonds is 5. The van der Waals surface area contributed by atoms with Crippen molar-refractivity contribution in [3.05, 3.63) is 46.5 Å². The van der Waals surface area contributed by atoms with Crippen molar-refractivity contribution >= 4 is 29.0 Å². The molecular weight excluding hydrogens is 292 g/mol. The van der Waals surface area contributed by atoms with Gasteiger partial charge in [-0.1, -0.05) is 6.07 Å². The van der Waals surface area contributed by atoms with Crippen LogP contribution in [0.5, 0.6) is 0 Å². The zero-order valence-corrected chi connectivity index (χ0v) is 12.6. The zero-order chi connectivity index (χ0) is 13.8. The van der Waals surface area contributed by atoms with Crippen LogP contribution >= 0.6 is 23.1 Å². The molecule has 106 valence electrons. The molecule has 1 aliphatic rings. The van der Waals surface area contributed by atoms with Gasteiger partial charge in [0.05, 0.1) is 25.4 Å². The number of hydrogen-bond acceptors (Lipinski definition) is 5. The van der Waals surface area contributed by atoms with Gasteiger partial charge in [-0.2, -0.15) is 0 Å². The van der Waals surface area contributed by atoms with E-state index in [0.717, 1.165) is 17.4 Å². The predicted molar refractivity (Wildman–Crippen MR) is 81.5 cm³/mol. The summed E-state index contributed by atoms with van der Waals surface area (Å²) in [5, 5.41) is 5.28. The quantitative estimate of drug-likeness (QED) is 0.922. The normalized spacial score (nSPS) is 18.3. The maximum absolute atomic E-state index is 12.6. The van der Waals surface area contributed by atoms with E-state index in [0.29, 0.717) is 13.1 Å². The minimum absolute atomic E-state index is 0.0741. The molecule has 0 radical (unpaired) electrons. The highest BCUT2D eigenvalue weighted by molar-refractivity contribution is 7.99. The fourth-order valence-corrected chi connectivity index (χ4v) is 3.82. The smallest absolute Gasteiger partial charge is 0.241 e. The van der Waals surface area contributed by atoms with Gasteiger partial charge < -0.3 is 9.32 Å². The summed E-state index contributed by atoms with van der Waals surface area (Å²) in [6, 6.07) is 7.76. The van der Waals surface area contributed by atoms with Crippen molar-refractivity contribution in [3.63, 3.8) is 0 Å². The Morgan fingerprint density at radius 3 is 3.00 bits per heavy atom. The Labute approximate surface area is 126 Å². The first-order chi connectivity index (χ1) is 9.83. The summed E-state index contributed by atoms with van der Waals surface area (Å²) < 4.78 is 5.38. The number of thioether (sulfide) groups is 1. The highest BCUT2D eigenvalue weighted by Crippen LogP contribution is 2.18. The molecular formula is C14H16N2O2S2. The number of carbonyl (C=O) groups is 1. The van der Waals surface area contributed by atoms with E-state index in [9.17, 15) is 4.79 Å². The molecule has 2 aromatic rings. The van der Waals surface area contributed by atoms with Gasteiger partial charge in [0.2, 0.25) is 5.91 Å². The predicted octanol–water partition coefficient (Wildman–Crippen LogP) is 2.53. The minimum Gasteiger partial charge on any atom is -0.467 e. The molecule has 1 fully saturated rings. The molecule has 2 aromatic heterocycles. The lowest BCUT2D eigenvalue weighted by molar-refractivity contribution is -0.134. The summed E-state index contributed by atoms with van der Waals surface area (Å²) in [5.41, 5.74) is 0. The molecule has 1 N–H and O–H groups in total. The van der Waals surface area contributed by atoms with Gasteiger partial charge in [-0.3, -0.25) is 10.1 Å². The van der Waals surface area contributed by atoms with Crippen molar-refractivity contribution in [3.8, 4) is 0 Å². The molecule has 0 aliphatic carbocycles. The van der Waals surface area contributed by atoms with Crippen molar-refractivity contribution < 1.29 is 9.21 Å². The fourth-order valence-electron chi connectivity index (χ4n) is 2.17. The molecule has 1 saturated heterocycles. The Morgan fingerprint density at radius 2 is 2.35 bits per heavy atom. The third kappa shape index (κ3) is 3.26. The maximum Gasteiger partial charge on any atom is 0.241 e. The lowest BCUT2D eigenvalue weighted by Gasteiger charge is -2.24. The fraction of sp³-hybridized carbons (Fsp3) is 0.357. The molecule has 3 rings (SSSR count). The van der Waals surface area contributed by atoms with Gasteiger partial charge in [-0.15, -0.1) is 23.1 Å². The number of hydrogen-bond donors (Lipinski definition) is 1. The number of nitrogens with zero attached hydrogens (tertiary/aromatic N) is 1. The van der Waals surface area contributed by atoms with Crippen LogP contribution in [0.3, 0.4) is 0 Å². The standard InChI is InChI=1S/C14H16N2O2S2/c17-14(13-9-19-10-15-13)16(7-11-3-1-5-18-11)8-12-4-2-6-20-12/h1-6,13,15H,7-10H2. The van der Waals surface area contributed by atoms with E-state index in [4.69, 9.17) is 4.42 Å². The van der Waals surface area contributed by atoms with Gasteiger partial charge in [0.15, 0.2) is 0 Å². The number of thiophene rings is 1. The van der Waals surface area contributed by atoms with Crippen LogP contribution in [0.2, 0.25) is 0 Å².